The van der Waals surface area contributed by atoms with Gasteiger partial charge in [-0.15, -0.1) is 0 Å². The Bertz CT molecular complexity index is 587. The summed E-state index contributed by atoms with van der Waals surface area (Å²) in [7, 11) is 1.30. The number of aliphatic carboxylic acids is 1. The van der Waals surface area contributed by atoms with Gasteiger partial charge in [0.2, 0.25) is 6.10 Å². The van der Waals surface area contributed by atoms with Crippen molar-refractivity contribution in [2.24, 2.45) is 5.16 Å². The number of carbonyl (C=O) groups is 2. The van der Waals surface area contributed by atoms with E-state index in [9.17, 15) is 14.0 Å². The van der Waals surface area contributed by atoms with Crippen LogP contribution in [0.5, 0.6) is 5.75 Å². The highest BCUT2D eigenvalue weighted by molar-refractivity contribution is 6.36. The Morgan fingerprint density at radius 3 is 2.90 bits per heavy atom. The van der Waals surface area contributed by atoms with Crippen LogP contribution in [-0.4, -0.2) is 35.9 Å². The van der Waals surface area contributed by atoms with E-state index in [-0.39, 0.29) is 17.9 Å². The zero-order valence-electron chi connectivity index (χ0n) is 10.4. The van der Waals surface area contributed by atoms with Crippen molar-refractivity contribution in [3.8, 4) is 5.75 Å². The normalized spacial score (nSPS) is 17.1. The van der Waals surface area contributed by atoms with E-state index in [0.717, 1.165) is 6.07 Å². The first kappa shape index (κ1) is 13.8. The van der Waals surface area contributed by atoms with E-state index in [1.165, 1.54) is 19.2 Å². The second-order valence-corrected chi connectivity index (χ2v) is 3.98. The molecule has 1 aliphatic rings. The van der Waals surface area contributed by atoms with Crippen molar-refractivity contribution >= 4 is 23.3 Å². The number of anilines is 1. The third-order valence-electron chi connectivity index (χ3n) is 2.63. The third-order valence-corrected chi connectivity index (χ3v) is 2.63. The van der Waals surface area contributed by atoms with Crippen LogP contribution in [0.3, 0.4) is 0 Å². The fraction of sp³-hybridized carbons (Fsp3) is 0.250. The van der Waals surface area contributed by atoms with Gasteiger partial charge in [-0.2, -0.15) is 0 Å². The highest BCUT2D eigenvalue weighted by atomic mass is 19.1. The Morgan fingerprint density at radius 1 is 1.55 bits per heavy atom. The van der Waals surface area contributed by atoms with Crippen LogP contribution in [-0.2, 0) is 14.4 Å². The van der Waals surface area contributed by atoms with Crippen molar-refractivity contribution in [2.75, 3.05) is 12.4 Å². The van der Waals surface area contributed by atoms with Gasteiger partial charge >= 0.3 is 5.97 Å². The number of carboxylic acid groups (broad SMARTS) is 1. The van der Waals surface area contributed by atoms with Gasteiger partial charge in [0.25, 0.3) is 5.91 Å². The van der Waals surface area contributed by atoms with E-state index >= 15 is 0 Å². The lowest BCUT2D eigenvalue weighted by Gasteiger charge is -2.10. The lowest BCUT2D eigenvalue weighted by atomic mass is 10.1. The van der Waals surface area contributed by atoms with Crippen molar-refractivity contribution in [3.05, 3.63) is 24.0 Å². The molecule has 1 heterocycles. The minimum Gasteiger partial charge on any atom is -0.494 e. The third kappa shape index (κ3) is 2.85. The molecular formula is C12H11FN2O5. The summed E-state index contributed by atoms with van der Waals surface area (Å²) in [6.07, 6.45) is -1.14. The maximum Gasteiger partial charge on any atom is 0.353 e. The van der Waals surface area contributed by atoms with Crippen molar-refractivity contribution in [1.82, 2.24) is 0 Å². The maximum absolute atomic E-state index is 13.2. The summed E-state index contributed by atoms with van der Waals surface area (Å²) in [6, 6.07) is 3.80. The molecule has 0 saturated carbocycles. The SMILES string of the molecule is COc1cc(NC(=O)C2CC(C(=O)O)=NO2)ccc1F. The zero-order valence-corrected chi connectivity index (χ0v) is 10.4. The Morgan fingerprint density at radius 2 is 2.30 bits per heavy atom. The maximum atomic E-state index is 13.2. The molecule has 0 spiro atoms. The molecule has 0 aromatic heterocycles. The first-order valence-electron chi connectivity index (χ1n) is 5.61. The number of ether oxygens (including phenoxy) is 1. The zero-order chi connectivity index (χ0) is 14.7. The minimum absolute atomic E-state index is 0.0161. The van der Waals surface area contributed by atoms with E-state index in [1.807, 2.05) is 0 Å². The first-order valence-corrected chi connectivity index (χ1v) is 5.61. The van der Waals surface area contributed by atoms with Crippen LogP contribution < -0.4 is 10.1 Å². The smallest absolute Gasteiger partial charge is 0.353 e. The molecular weight excluding hydrogens is 271 g/mol. The largest absolute Gasteiger partial charge is 0.494 e. The molecule has 2 N–H and O–H groups in total. The monoisotopic (exact) mass is 282 g/mol. The van der Waals surface area contributed by atoms with Gasteiger partial charge in [-0.05, 0) is 12.1 Å². The molecule has 0 bridgehead atoms. The van der Waals surface area contributed by atoms with Gasteiger partial charge in [-0.3, -0.25) is 4.79 Å². The van der Waals surface area contributed by atoms with E-state index in [2.05, 4.69) is 10.5 Å². The van der Waals surface area contributed by atoms with Crippen LogP contribution in [0, 0.1) is 5.82 Å². The molecule has 1 aromatic carbocycles. The predicted octanol–water partition coefficient (Wildman–Crippen LogP) is 1.00. The molecule has 0 radical (unpaired) electrons. The molecule has 1 amide bonds. The number of methoxy groups -OCH3 is 1. The van der Waals surface area contributed by atoms with Crippen molar-refractivity contribution in [3.63, 3.8) is 0 Å². The number of rotatable bonds is 4. The number of halogens is 1. The second-order valence-electron chi connectivity index (χ2n) is 3.98. The number of carbonyl (C=O) groups excluding carboxylic acids is 1. The molecule has 20 heavy (non-hydrogen) atoms. The fourth-order valence-electron chi connectivity index (χ4n) is 1.60. The summed E-state index contributed by atoms with van der Waals surface area (Å²) < 4.78 is 18.0. The molecule has 1 atom stereocenters. The molecule has 8 heteroatoms. The quantitative estimate of drug-likeness (QED) is 0.858. The molecule has 1 unspecified atom stereocenters. The first-order chi connectivity index (χ1) is 9.51. The van der Waals surface area contributed by atoms with Crippen LogP contribution >= 0.6 is 0 Å². The number of carboxylic acids is 1. The lowest BCUT2D eigenvalue weighted by molar-refractivity contribution is -0.129. The minimum atomic E-state index is -1.23. The molecule has 1 aliphatic heterocycles. The van der Waals surface area contributed by atoms with Crippen molar-refractivity contribution in [2.45, 2.75) is 12.5 Å². The number of nitrogens with zero attached hydrogens (tertiary/aromatic N) is 1. The number of amides is 1. The number of oxime groups is 1. The molecule has 0 aliphatic carbocycles. The Hall–Kier alpha value is -2.64. The van der Waals surface area contributed by atoms with E-state index < -0.39 is 23.8 Å². The predicted molar refractivity (Wildman–Crippen MR) is 66.1 cm³/mol. The summed E-state index contributed by atoms with van der Waals surface area (Å²) in [4.78, 5) is 27.2. The highest BCUT2D eigenvalue weighted by Crippen LogP contribution is 2.22. The van der Waals surface area contributed by atoms with Gasteiger partial charge in [0, 0.05) is 18.2 Å². The summed E-state index contributed by atoms with van der Waals surface area (Å²) in [5.74, 6) is -2.38. The van der Waals surface area contributed by atoms with Gasteiger partial charge in [0.15, 0.2) is 17.3 Å². The van der Waals surface area contributed by atoms with Crippen LogP contribution in [0.25, 0.3) is 0 Å². The summed E-state index contributed by atoms with van der Waals surface area (Å²) in [6.45, 7) is 0. The molecule has 106 valence electrons. The molecule has 0 fully saturated rings. The lowest BCUT2D eigenvalue weighted by Crippen LogP contribution is -2.28. The van der Waals surface area contributed by atoms with Gasteiger partial charge in [0.1, 0.15) is 0 Å². The van der Waals surface area contributed by atoms with Gasteiger partial charge in [-0.1, -0.05) is 5.16 Å². The van der Waals surface area contributed by atoms with Crippen molar-refractivity contribution in [1.29, 1.82) is 0 Å². The number of hydrogen-bond acceptors (Lipinski definition) is 5. The second kappa shape index (κ2) is 5.55. The standard InChI is InChI=1S/C12H11FN2O5/c1-19-9-4-6(2-3-7(9)13)14-11(16)10-5-8(12(17)18)15-20-10/h2-4,10H,5H2,1H3,(H,14,16)(H,17,18). The average molecular weight is 282 g/mol. The topological polar surface area (TPSA) is 97.2 Å². The van der Waals surface area contributed by atoms with E-state index in [4.69, 9.17) is 14.7 Å². The highest BCUT2D eigenvalue weighted by Gasteiger charge is 2.31. The molecule has 0 saturated heterocycles. The van der Waals surface area contributed by atoms with E-state index in [0.29, 0.717) is 5.69 Å². The summed E-state index contributed by atoms with van der Waals surface area (Å²) in [5, 5.41) is 14.5. The fourth-order valence-corrected chi connectivity index (χ4v) is 1.60. The van der Waals surface area contributed by atoms with Crippen LogP contribution in [0.4, 0.5) is 10.1 Å². The van der Waals surface area contributed by atoms with Crippen LogP contribution in [0.15, 0.2) is 23.4 Å². The number of hydrogen-bond donors (Lipinski definition) is 2. The number of nitrogens with one attached hydrogen (secondary N) is 1. The average Bonchev–Trinajstić information content (AvgIpc) is 2.91. The van der Waals surface area contributed by atoms with Gasteiger partial charge in [-0.25, -0.2) is 9.18 Å². The Balaban J connectivity index is 2.01. The number of benzene rings is 1. The molecule has 2 rings (SSSR count). The van der Waals surface area contributed by atoms with Gasteiger partial charge in [0.05, 0.1) is 7.11 Å². The summed E-state index contributed by atoms with van der Waals surface area (Å²) in [5.41, 5.74) is 0.0856. The van der Waals surface area contributed by atoms with E-state index in [1.54, 1.807) is 0 Å². The molecule has 7 nitrogen and oxygen atoms in total. The van der Waals surface area contributed by atoms with Crippen LogP contribution in [0.1, 0.15) is 6.42 Å². The molecule has 1 aromatic rings. The Labute approximate surface area is 113 Å². The Kier molecular flexibility index (Phi) is 3.83. The van der Waals surface area contributed by atoms with Crippen molar-refractivity contribution < 1.29 is 28.7 Å². The van der Waals surface area contributed by atoms with Gasteiger partial charge < -0.3 is 20.0 Å². The van der Waals surface area contributed by atoms with Crippen LogP contribution in [0.2, 0.25) is 0 Å². The summed E-state index contributed by atoms with van der Waals surface area (Å²) >= 11 is 0.